The summed E-state index contributed by atoms with van der Waals surface area (Å²) in [5, 5.41) is 4.02. The van der Waals surface area contributed by atoms with Crippen LogP contribution in [-0.2, 0) is 21.0 Å². The van der Waals surface area contributed by atoms with Gasteiger partial charge in [0.2, 0.25) is 5.91 Å². The lowest BCUT2D eigenvalue weighted by Crippen LogP contribution is -2.42. The van der Waals surface area contributed by atoms with Crippen molar-refractivity contribution in [1.29, 1.82) is 0 Å². The summed E-state index contributed by atoms with van der Waals surface area (Å²) in [6, 6.07) is 31.1. The van der Waals surface area contributed by atoms with Crippen molar-refractivity contribution < 1.29 is 19.1 Å². The predicted molar refractivity (Wildman–Crippen MR) is 203 cm³/mol. The van der Waals surface area contributed by atoms with Crippen molar-refractivity contribution in [2.24, 2.45) is 4.99 Å². The number of hydrogen-bond donors (Lipinski definition) is 1. The van der Waals surface area contributed by atoms with E-state index >= 15 is 0 Å². The minimum Gasteiger partial charge on any atom is -0.488 e. The Bertz CT molecular complexity index is 1970. The third-order valence-corrected chi connectivity index (χ3v) is 9.19. The molecule has 0 bridgehead atoms. The molecule has 10 heteroatoms. The molecule has 0 aliphatic carbocycles. The molecule has 0 saturated heterocycles. The number of halogens is 2. The third-order valence-electron chi connectivity index (χ3n) is 7.51. The maximum Gasteiger partial charge on any atom is 0.285 e. The molecule has 252 valence electrons. The minimum atomic E-state index is -0.733. The van der Waals surface area contributed by atoms with Crippen LogP contribution in [0.4, 0.5) is 0 Å². The summed E-state index contributed by atoms with van der Waals surface area (Å²) in [6.45, 7) is 5.67. The lowest BCUT2D eigenvalue weighted by molar-refractivity contribution is -0.126. The molecule has 4 aromatic rings. The van der Waals surface area contributed by atoms with E-state index in [9.17, 15) is 14.4 Å². The Morgan fingerprint density at radius 1 is 0.940 bits per heavy atom. The highest BCUT2D eigenvalue weighted by Crippen LogP contribution is 2.30. The molecule has 0 aromatic heterocycles. The van der Waals surface area contributed by atoms with Crippen LogP contribution in [0.15, 0.2) is 150 Å². The van der Waals surface area contributed by atoms with E-state index in [2.05, 4.69) is 16.9 Å². The summed E-state index contributed by atoms with van der Waals surface area (Å²) in [5.74, 6) is -1.28. The number of benzene rings is 4. The molecule has 0 saturated carbocycles. The van der Waals surface area contributed by atoms with Crippen molar-refractivity contribution in [3.05, 3.63) is 178 Å². The molecule has 1 N–H and O–H groups in total. The second-order valence-corrected chi connectivity index (χ2v) is 12.6. The van der Waals surface area contributed by atoms with E-state index in [1.54, 1.807) is 73.7 Å². The van der Waals surface area contributed by atoms with Gasteiger partial charge in [0.05, 0.1) is 21.8 Å². The molecule has 3 amide bonds. The second kappa shape index (κ2) is 17.5. The van der Waals surface area contributed by atoms with E-state index in [0.29, 0.717) is 27.1 Å². The highest BCUT2D eigenvalue weighted by Gasteiger charge is 2.35. The molecule has 50 heavy (non-hydrogen) atoms. The van der Waals surface area contributed by atoms with E-state index in [0.717, 1.165) is 28.5 Å². The second-order valence-electron chi connectivity index (χ2n) is 10.9. The van der Waals surface area contributed by atoms with Crippen LogP contribution in [0.3, 0.4) is 0 Å². The number of ether oxygens (including phenoxy) is 1. The third kappa shape index (κ3) is 9.09. The topological polar surface area (TPSA) is 88.1 Å². The molecule has 0 spiro atoms. The normalized spacial score (nSPS) is 14.3. The molecule has 4 aromatic carbocycles. The Morgan fingerprint density at radius 3 is 2.24 bits per heavy atom. The predicted octanol–water partition coefficient (Wildman–Crippen LogP) is 8.97. The first kappa shape index (κ1) is 36.1. The fourth-order valence-electron chi connectivity index (χ4n) is 5.07. The van der Waals surface area contributed by atoms with Crippen LogP contribution in [-0.4, -0.2) is 33.5 Å². The number of rotatable bonds is 12. The van der Waals surface area contributed by atoms with Crippen molar-refractivity contribution >= 4 is 63.9 Å². The number of nitrogens with zero attached hydrogens (tertiary/aromatic N) is 2. The van der Waals surface area contributed by atoms with Crippen LogP contribution in [0.5, 0.6) is 5.75 Å². The van der Waals surface area contributed by atoms with Gasteiger partial charge in [-0.15, -0.1) is 0 Å². The van der Waals surface area contributed by atoms with E-state index in [4.69, 9.17) is 27.9 Å². The largest absolute Gasteiger partial charge is 0.488 e. The SMILES string of the molecule is C=C/C=C\C(=C/C)N1C(=O)/C(=C/c2ccccc2OCc2ccc(Cl)c(Cl)c2)C(=O)N=C1SCC(=O)NC(c1ccccc1)c1ccccc1. The quantitative estimate of drug-likeness (QED) is 0.0897. The number of hydrogen-bond acceptors (Lipinski definition) is 5. The van der Waals surface area contributed by atoms with Gasteiger partial charge in [-0.1, -0.05) is 145 Å². The van der Waals surface area contributed by atoms with Gasteiger partial charge < -0.3 is 10.1 Å². The van der Waals surface area contributed by atoms with Gasteiger partial charge in [0.25, 0.3) is 11.8 Å². The standard InChI is InChI=1S/C40H33Cl2N3O4S/c1-3-5-19-31(4-2)45-39(48)32(24-30-18-12-13-20-35(30)49-25-27-21-22-33(41)34(42)23-27)38(47)44-40(45)50-26-36(46)43-37(28-14-8-6-9-15-28)29-16-10-7-11-17-29/h3-24,37H,1,25-26H2,2H3,(H,43,46)/b19-5-,31-4+,32-24+. The Morgan fingerprint density at radius 2 is 1.60 bits per heavy atom. The molecular formula is C40H33Cl2N3O4S. The van der Waals surface area contributed by atoms with Crippen LogP contribution < -0.4 is 10.1 Å². The van der Waals surface area contributed by atoms with Crippen molar-refractivity contribution in [3.63, 3.8) is 0 Å². The maximum absolute atomic E-state index is 14.1. The van der Waals surface area contributed by atoms with E-state index in [1.165, 1.54) is 11.0 Å². The Hall–Kier alpha value is -5.15. The molecule has 1 heterocycles. The van der Waals surface area contributed by atoms with Gasteiger partial charge in [-0.3, -0.25) is 19.3 Å². The molecule has 7 nitrogen and oxygen atoms in total. The first-order chi connectivity index (χ1) is 24.3. The highest BCUT2D eigenvalue weighted by molar-refractivity contribution is 8.14. The van der Waals surface area contributed by atoms with Crippen molar-refractivity contribution in [2.45, 2.75) is 19.6 Å². The summed E-state index contributed by atoms with van der Waals surface area (Å²) in [5.41, 5.74) is 3.42. The van der Waals surface area contributed by atoms with Gasteiger partial charge in [-0.2, -0.15) is 4.99 Å². The van der Waals surface area contributed by atoms with Gasteiger partial charge in [-0.25, -0.2) is 0 Å². The smallest absolute Gasteiger partial charge is 0.285 e. The van der Waals surface area contributed by atoms with Crippen molar-refractivity contribution in [1.82, 2.24) is 10.2 Å². The Kier molecular flexibility index (Phi) is 12.6. The Labute approximate surface area is 305 Å². The van der Waals surface area contributed by atoms with Gasteiger partial charge in [0.15, 0.2) is 5.17 Å². The zero-order valence-corrected chi connectivity index (χ0v) is 29.4. The summed E-state index contributed by atoms with van der Waals surface area (Å²) < 4.78 is 6.06. The maximum atomic E-state index is 14.1. The molecule has 0 atom stereocenters. The summed E-state index contributed by atoms with van der Waals surface area (Å²) in [7, 11) is 0. The van der Waals surface area contributed by atoms with Crippen molar-refractivity contribution in [2.75, 3.05) is 5.75 Å². The number of para-hydroxylation sites is 1. The number of thioether (sulfide) groups is 1. The molecule has 0 unspecified atom stereocenters. The minimum absolute atomic E-state index is 0.0780. The van der Waals surface area contributed by atoms with Gasteiger partial charge in [-0.05, 0) is 54.0 Å². The number of amides is 3. The molecule has 0 radical (unpaired) electrons. The van der Waals surface area contributed by atoms with Gasteiger partial charge >= 0.3 is 0 Å². The van der Waals surface area contributed by atoms with E-state index in [-0.39, 0.29) is 29.0 Å². The van der Waals surface area contributed by atoms with E-state index in [1.807, 2.05) is 60.7 Å². The van der Waals surface area contributed by atoms with Gasteiger partial charge in [0, 0.05) is 11.3 Å². The molecule has 5 rings (SSSR count). The fourth-order valence-corrected chi connectivity index (χ4v) is 6.20. The van der Waals surface area contributed by atoms with E-state index < -0.39 is 17.9 Å². The van der Waals surface area contributed by atoms with Crippen LogP contribution in [0.1, 0.15) is 35.2 Å². The number of carbonyl (C=O) groups excluding carboxylic acids is 3. The summed E-state index contributed by atoms with van der Waals surface area (Å²) >= 11 is 13.2. The Balaban J connectivity index is 1.40. The number of amidine groups is 1. The van der Waals surface area contributed by atoms with Crippen LogP contribution in [0.2, 0.25) is 10.0 Å². The zero-order chi connectivity index (χ0) is 35.5. The molecule has 0 fully saturated rings. The number of aliphatic imine (C=N–C) groups is 1. The van der Waals surface area contributed by atoms with Crippen molar-refractivity contribution in [3.8, 4) is 5.75 Å². The lowest BCUT2D eigenvalue weighted by atomic mass is 9.99. The van der Waals surface area contributed by atoms with Gasteiger partial charge in [0.1, 0.15) is 17.9 Å². The number of nitrogens with one attached hydrogen (secondary N) is 1. The average Bonchev–Trinajstić information content (AvgIpc) is 3.14. The van der Waals surface area contributed by atoms with Crippen LogP contribution in [0.25, 0.3) is 6.08 Å². The number of carbonyl (C=O) groups is 3. The monoisotopic (exact) mass is 721 g/mol. The van der Waals surface area contributed by atoms with Crippen LogP contribution in [0, 0.1) is 0 Å². The fraction of sp³-hybridized carbons (Fsp3) is 0.100. The first-order valence-corrected chi connectivity index (χ1v) is 17.4. The summed E-state index contributed by atoms with van der Waals surface area (Å²) in [6.07, 6.45) is 8.12. The summed E-state index contributed by atoms with van der Waals surface area (Å²) in [4.78, 5) is 46.7. The first-order valence-electron chi connectivity index (χ1n) is 15.6. The molecular weight excluding hydrogens is 689 g/mol. The molecule has 1 aliphatic heterocycles. The average molecular weight is 723 g/mol. The van der Waals surface area contributed by atoms with Crippen LogP contribution >= 0.6 is 35.0 Å². The highest BCUT2D eigenvalue weighted by atomic mass is 35.5. The zero-order valence-electron chi connectivity index (χ0n) is 27.1. The lowest BCUT2D eigenvalue weighted by Gasteiger charge is -2.28. The molecule has 1 aliphatic rings. The number of allylic oxidation sites excluding steroid dienone is 4.